The number of nitrogens with zero attached hydrogens (tertiary/aromatic N) is 1. The van der Waals surface area contributed by atoms with Gasteiger partial charge in [-0.1, -0.05) is 29.3 Å². The Morgan fingerprint density at radius 1 is 1.09 bits per heavy atom. The van der Waals surface area contributed by atoms with Crippen molar-refractivity contribution in [2.45, 2.75) is 4.90 Å². The van der Waals surface area contributed by atoms with Gasteiger partial charge in [-0.3, -0.25) is 4.72 Å². The van der Waals surface area contributed by atoms with E-state index in [0.29, 0.717) is 16.4 Å². The summed E-state index contributed by atoms with van der Waals surface area (Å²) >= 11 is 11.9. The van der Waals surface area contributed by atoms with E-state index in [1.54, 1.807) is 37.2 Å². The first-order chi connectivity index (χ1) is 10.2. The second kappa shape index (κ2) is 6.32. The monoisotopic (exact) mass is 362 g/mol. The summed E-state index contributed by atoms with van der Waals surface area (Å²) in [6, 6.07) is 7.95. The van der Waals surface area contributed by atoms with Gasteiger partial charge in [0.05, 0.1) is 21.4 Å². The van der Waals surface area contributed by atoms with Gasteiger partial charge in [-0.25, -0.2) is 12.8 Å². The van der Waals surface area contributed by atoms with Crippen LogP contribution in [0.2, 0.25) is 10.0 Å². The van der Waals surface area contributed by atoms with Crippen LogP contribution in [-0.4, -0.2) is 22.5 Å². The molecule has 0 unspecified atom stereocenters. The first kappa shape index (κ1) is 16.9. The number of anilines is 2. The molecule has 4 nitrogen and oxygen atoms in total. The molecular weight excluding hydrogens is 350 g/mol. The molecule has 0 aliphatic carbocycles. The molecule has 0 saturated heterocycles. The predicted molar refractivity (Wildman–Crippen MR) is 88.0 cm³/mol. The van der Waals surface area contributed by atoms with Gasteiger partial charge < -0.3 is 4.90 Å². The molecule has 0 saturated carbocycles. The van der Waals surface area contributed by atoms with Crippen molar-refractivity contribution >= 4 is 44.6 Å². The lowest BCUT2D eigenvalue weighted by Crippen LogP contribution is -2.18. The van der Waals surface area contributed by atoms with Gasteiger partial charge in [0.25, 0.3) is 10.0 Å². The standard InChI is InChI=1S/C14H13Cl2FN2O2S/c1-19(2)14-10(15)4-3-5-12(14)18-22(20,21)13-7-6-9(17)8-11(13)16/h3-8,18H,1-2H3. The van der Waals surface area contributed by atoms with Gasteiger partial charge in [0, 0.05) is 14.1 Å². The molecule has 118 valence electrons. The molecule has 0 aliphatic rings. The number of rotatable bonds is 4. The fourth-order valence-corrected chi connectivity index (χ4v) is 3.89. The minimum Gasteiger partial charge on any atom is -0.375 e. The van der Waals surface area contributed by atoms with Crippen LogP contribution in [0.3, 0.4) is 0 Å². The van der Waals surface area contributed by atoms with Crippen LogP contribution < -0.4 is 9.62 Å². The first-order valence-corrected chi connectivity index (χ1v) is 8.40. The quantitative estimate of drug-likeness (QED) is 0.893. The zero-order valence-corrected chi connectivity index (χ0v) is 14.1. The first-order valence-electron chi connectivity index (χ1n) is 6.16. The molecule has 2 aromatic rings. The highest BCUT2D eigenvalue weighted by atomic mass is 35.5. The van der Waals surface area contributed by atoms with Crippen molar-refractivity contribution in [3.05, 3.63) is 52.3 Å². The minimum atomic E-state index is -3.97. The van der Waals surface area contributed by atoms with Crippen LogP contribution in [0.5, 0.6) is 0 Å². The van der Waals surface area contributed by atoms with Gasteiger partial charge in [0.2, 0.25) is 0 Å². The fraction of sp³-hybridized carbons (Fsp3) is 0.143. The second-order valence-corrected chi connectivity index (χ2v) is 7.18. The normalized spacial score (nSPS) is 11.3. The Morgan fingerprint density at radius 2 is 1.77 bits per heavy atom. The van der Waals surface area contributed by atoms with E-state index in [0.717, 1.165) is 18.2 Å². The number of para-hydroxylation sites is 1. The van der Waals surface area contributed by atoms with E-state index in [2.05, 4.69) is 4.72 Å². The minimum absolute atomic E-state index is 0.194. The lowest BCUT2D eigenvalue weighted by molar-refractivity contribution is 0.600. The van der Waals surface area contributed by atoms with Gasteiger partial charge in [-0.2, -0.15) is 0 Å². The molecule has 2 aromatic carbocycles. The molecule has 0 aromatic heterocycles. The number of halogens is 3. The van der Waals surface area contributed by atoms with Crippen LogP contribution in [0.1, 0.15) is 0 Å². The maximum Gasteiger partial charge on any atom is 0.263 e. The van der Waals surface area contributed by atoms with Crippen molar-refractivity contribution in [1.29, 1.82) is 0 Å². The molecule has 2 rings (SSSR count). The maximum atomic E-state index is 13.1. The van der Waals surface area contributed by atoms with Gasteiger partial charge >= 0.3 is 0 Å². The summed E-state index contributed by atoms with van der Waals surface area (Å²) < 4.78 is 40.4. The number of benzene rings is 2. The van der Waals surface area contributed by atoms with Gasteiger partial charge in [0.1, 0.15) is 10.7 Å². The van der Waals surface area contributed by atoms with Crippen molar-refractivity contribution < 1.29 is 12.8 Å². The van der Waals surface area contributed by atoms with Crippen molar-refractivity contribution in [2.75, 3.05) is 23.7 Å². The van der Waals surface area contributed by atoms with E-state index in [1.165, 1.54) is 0 Å². The third kappa shape index (κ3) is 3.45. The summed E-state index contributed by atoms with van der Waals surface area (Å²) in [6.07, 6.45) is 0. The Balaban J connectivity index is 2.48. The molecule has 0 heterocycles. The lowest BCUT2D eigenvalue weighted by atomic mass is 10.2. The Labute approximate surface area is 138 Å². The Hall–Kier alpha value is -1.50. The van der Waals surface area contributed by atoms with Crippen LogP contribution in [0.25, 0.3) is 0 Å². The number of hydrogen-bond donors (Lipinski definition) is 1. The SMILES string of the molecule is CN(C)c1c(Cl)cccc1NS(=O)(=O)c1ccc(F)cc1Cl. The van der Waals surface area contributed by atoms with Gasteiger partial charge in [-0.15, -0.1) is 0 Å². The summed E-state index contributed by atoms with van der Waals surface area (Å²) in [7, 11) is -0.488. The summed E-state index contributed by atoms with van der Waals surface area (Å²) in [4.78, 5) is 1.48. The summed E-state index contributed by atoms with van der Waals surface area (Å²) in [5, 5.41) is 0.205. The molecular formula is C14H13Cl2FN2O2S. The average Bonchev–Trinajstić information content (AvgIpc) is 2.36. The van der Waals surface area contributed by atoms with E-state index < -0.39 is 15.8 Å². The molecule has 8 heteroatoms. The highest BCUT2D eigenvalue weighted by Gasteiger charge is 2.21. The van der Waals surface area contributed by atoms with Crippen LogP contribution >= 0.6 is 23.2 Å². The van der Waals surface area contributed by atoms with E-state index in [-0.39, 0.29) is 9.92 Å². The molecule has 0 atom stereocenters. The zero-order chi connectivity index (χ0) is 16.5. The smallest absolute Gasteiger partial charge is 0.263 e. The predicted octanol–water partition coefficient (Wildman–Crippen LogP) is 4.00. The molecule has 0 bridgehead atoms. The van der Waals surface area contributed by atoms with Crippen LogP contribution in [-0.2, 0) is 10.0 Å². The molecule has 22 heavy (non-hydrogen) atoms. The molecule has 0 spiro atoms. The van der Waals surface area contributed by atoms with E-state index in [9.17, 15) is 12.8 Å². The third-order valence-electron chi connectivity index (χ3n) is 2.86. The zero-order valence-electron chi connectivity index (χ0n) is 11.8. The van der Waals surface area contributed by atoms with Gasteiger partial charge in [-0.05, 0) is 30.3 Å². The van der Waals surface area contributed by atoms with E-state index >= 15 is 0 Å². The summed E-state index contributed by atoms with van der Waals surface area (Å²) in [6.45, 7) is 0. The van der Waals surface area contributed by atoms with E-state index in [4.69, 9.17) is 23.2 Å². The number of sulfonamides is 1. The largest absolute Gasteiger partial charge is 0.375 e. The molecule has 0 fully saturated rings. The van der Waals surface area contributed by atoms with Crippen molar-refractivity contribution in [3.63, 3.8) is 0 Å². The van der Waals surface area contributed by atoms with Crippen molar-refractivity contribution in [2.24, 2.45) is 0 Å². The summed E-state index contributed by atoms with van der Waals surface area (Å²) in [5.41, 5.74) is 0.823. The molecule has 0 amide bonds. The number of hydrogen-bond acceptors (Lipinski definition) is 3. The van der Waals surface area contributed by atoms with Crippen molar-refractivity contribution in [3.8, 4) is 0 Å². The molecule has 1 N–H and O–H groups in total. The fourth-order valence-electron chi connectivity index (χ4n) is 1.95. The Kier molecular flexibility index (Phi) is 4.84. The Bertz CT molecular complexity index is 810. The van der Waals surface area contributed by atoms with Crippen LogP contribution in [0.4, 0.5) is 15.8 Å². The topological polar surface area (TPSA) is 49.4 Å². The van der Waals surface area contributed by atoms with E-state index in [1.807, 2.05) is 0 Å². The van der Waals surface area contributed by atoms with Crippen molar-refractivity contribution in [1.82, 2.24) is 0 Å². The lowest BCUT2D eigenvalue weighted by Gasteiger charge is -2.20. The highest BCUT2D eigenvalue weighted by Crippen LogP contribution is 2.34. The Morgan fingerprint density at radius 3 is 2.36 bits per heavy atom. The molecule has 0 radical (unpaired) electrons. The number of nitrogens with one attached hydrogen (secondary N) is 1. The third-order valence-corrected chi connectivity index (χ3v) is 5.02. The highest BCUT2D eigenvalue weighted by molar-refractivity contribution is 7.92. The summed E-state index contributed by atoms with van der Waals surface area (Å²) in [5.74, 6) is -0.610. The van der Waals surface area contributed by atoms with Crippen LogP contribution in [0.15, 0.2) is 41.3 Å². The second-order valence-electron chi connectivity index (χ2n) is 4.71. The average molecular weight is 363 g/mol. The molecule has 0 aliphatic heterocycles. The van der Waals surface area contributed by atoms with Crippen LogP contribution in [0, 0.1) is 5.82 Å². The maximum absolute atomic E-state index is 13.1. The van der Waals surface area contributed by atoms with Gasteiger partial charge in [0.15, 0.2) is 0 Å².